The molecule has 1 aromatic carbocycles. The van der Waals surface area contributed by atoms with Crippen molar-refractivity contribution in [2.75, 3.05) is 29.2 Å². The van der Waals surface area contributed by atoms with E-state index in [0.29, 0.717) is 0 Å². The van der Waals surface area contributed by atoms with Crippen LogP contribution in [0.1, 0.15) is 10.4 Å². The smallest absolute Gasteiger partial charge is 0.396 e. The second-order valence-electron chi connectivity index (χ2n) is 5.45. The van der Waals surface area contributed by atoms with Crippen molar-refractivity contribution < 1.29 is 30.6 Å². The van der Waals surface area contributed by atoms with Gasteiger partial charge in [0.1, 0.15) is 12.4 Å². The monoisotopic (exact) mass is 420 g/mol. The van der Waals surface area contributed by atoms with Crippen LogP contribution in [0.4, 0.5) is 36.3 Å². The first-order valence-corrected chi connectivity index (χ1v) is 9.19. The first-order valence-electron chi connectivity index (χ1n) is 7.37. The van der Waals surface area contributed by atoms with Crippen molar-refractivity contribution >= 4 is 39.2 Å². The number of anilines is 4. The van der Waals surface area contributed by atoms with Crippen molar-refractivity contribution in [1.29, 1.82) is 0 Å². The minimum Gasteiger partial charge on any atom is -0.396 e. The number of rotatable bonds is 7. The number of hydrogen-bond acceptors (Lipinski definition) is 9. The summed E-state index contributed by atoms with van der Waals surface area (Å²) in [5.74, 6) is -1.69. The number of nitrogen functional groups attached to an aromatic ring is 1. The average Bonchev–Trinajstić information content (AvgIpc) is 2.53. The molecule has 2 aromatic rings. The second kappa shape index (κ2) is 7.75. The van der Waals surface area contributed by atoms with Crippen molar-refractivity contribution in [2.45, 2.75) is 6.18 Å². The molecule has 0 aliphatic carbocycles. The first kappa shape index (κ1) is 21.0. The summed E-state index contributed by atoms with van der Waals surface area (Å²) in [7, 11) is -3.78. The Kier molecular flexibility index (Phi) is 5.82. The van der Waals surface area contributed by atoms with E-state index in [1.807, 2.05) is 5.32 Å². The van der Waals surface area contributed by atoms with Crippen LogP contribution in [0, 0.1) is 0 Å². The molecule has 14 heteroatoms. The topological polar surface area (TPSA) is 162 Å². The number of nitrogens with two attached hydrogens (primary N) is 2. The van der Waals surface area contributed by atoms with E-state index < -0.39 is 34.6 Å². The molecule has 28 heavy (non-hydrogen) atoms. The van der Waals surface area contributed by atoms with Crippen LogP contribution in [0.2, 0.25) is 0 Å². The van der Waals surface area contributed by atoms with Gasteiger partial charge in [0.15, 0.2) is 5.75 Å². The number of hydrogen-bond donors (Lipinski definition) is 4. The lowest BCUT2D eigenvalue weighted by Crippen LogP contribution is -2.24. The molecule has 0 saturated heterocycles. The highest BCUT2D eigenvalue weighted by Gasteiger charge is 2.28. The van der Waals surface area contributed by atoms with Crippen LogP contribution in [-0.4, -0.2) is 43.3 Å². The number of carbonyl (C=O) groups is 1. The summed E-state index contributed by atoms with van der Waals surface area (Å²) in [5, 5.41) is 4.64. The maximum Gasteiger partial charge on any atom is 0.405 e. The zero-order chi connectivity index (χ0) is 21.1. The van der Waals surface area contributed by atoms with Gasteiger partial charge in [-0.1, -0.05) is 0 Å². The minimum absolute atomic E-state index is 0.0281. The number of carbonyl (C=O) groups excluding carboxylic acids is 1. The molecule has 2 rings (SSSR count). The molecule has 0 atom stereocenters. The number of amides is 1. The minimum atomic E-state index is -4.54. The zero-order valence-corrected chi connectivity index (χ0v) is 15.1. The molecular formula is C14H15F3N6O4S. The molecular weight excluding hydrogens is 405 g/mol. The highest BCUT2D eigenvalue weighted by molar-refractivity contribution is 7.86. The van der Waals surface area contributed by atoms with E-state index >= 15 is 0 Å². The van der Waals surface area contributed by atoms with Crippen LogP contribution in [-0.2, 0) is 10.1 Å². The fourth-order valence-electron chi connectivity index (χ4n) is 1.94. The fraction of sp³-hybridized carbons (Fsp3) is 0.214. The summed E-state index contributed by atoms with van der Waals surface area (Å²) in [4.78, 5) is 18.9. The van der Waals surface area contributed by atoms with Crippen LogP contribution in [0.5, 0.6) is 5.75 Å². The molecule has 0 radical (unpaired) electrons. The number of halogens is 3. The molecule has 0 unspecified atom stereocenters. The van der Waals surface area contributed by atoms with Crippen LogP contribution in [0.15, 0.2) is 24.4 Å². The van der Waals surface area contributed by atoms with Crippen LogP contribution >= 0.6 is 0 Å². The van der Waals surface area contributed by atoms with E-state index in [9.17, 15) is 26.4 Å². The van der Waals surface area contributed by atoms with Gasteiger partial charge in [-0.3, -0.25) is 4.79 Å². The van der Waals surface area contributed by atoms with E-state index in [-0.39, 0.29) is 28.6 Å². The number of nitrogens with one attached hydrogen (secondary N) is 2. The largest absolute Gasteiger partial charge is 0.405 e. The predicted octanol–water partition coefficient (Wildman–Crippen LogP) is 1.21. The predicted molar refractivity (Wildman–Crippen MR) is 94.7 cm³/mol. The summed E-state index contributed by atoms with van der Waals surface area (Å²) < 4.78 is 64.2. The van der Waals surface area contributed by atoms with Crippen LogP contribution in [0.25, 0.3) is 0 Å². The van der Waals surface area contributed by atoms with Crippen molar-refractivity contribution in [2.24, 2.45) is 5.73 Å². The summed E-state index contributed by atoms with van der Waals surface area (Å²) in [6, 6.07) is 3.94. The summed E-state index contributed by atoms with van der Waals surface area (Å²) in [6.07, 6.45) is -2.74. The van der Waals surface area contributed by atoms with Gasteiger partial charge >= 0.3 is 16.3 Å². The molecule has 6 N–H and O–H groups in total. The molecule has 0 fully saturated rings. The molecule has 1 aromatic heterocycles. The zero-order valence-electron chi connectivity index (χ0n) is 14.2. The molecule has 152 valence electrons. The Hall–Kier alpha value is -3.29. The van der Waals surface area contributed by atoms with E-state index in [4.69, 9.17) is 11.5 Å². The highest BCUT2D eigenvalue weighted by atomic mass is 32.2. The normalized spacial score (nSPS) is 11.7. The van der Waals surface area contributed by atoms with E-state index in [2.05, 4.69) is 19.5 Å². The third-order valence-corrected chi connectivity index (χ3v) is 3.50. The summed E-state index contributed by atoms with van der Waals surface area (Å²) in [6.45, 7) is -1.44. The molecule has 0 spiro atoms. The molecule has 1 amide bonds. The van der Waals surface area contributed by atoms with Gasteiger partial charge in [-0.2, -0.15) is 26.6 Å². The fourth-order valence-corrected chi connectivity index (χ4v) is 2.41. The third-order valence-electron chi connectivity index (χ3n) is 3.02. The molecule has 0 bridgehead atoms. The number of alkyl halides is 3. The standard InChI is InChI=1S/C14H15F3N6O4S/c1-28(25,26)27-10-3-2-7(4-9(10)18)22-13-20-5-8(11(19)24)12(23-13)21-6-14(15,16)17/h2-5H,6,18H2,1H3,(H2,19,24)(H2,20,21,22,23). The average molecular weight is 420 g/mol. The van der Waals surface area contributed by atoms with Gasteiger partial charge in [0, 0.05) is 11.9 Å². The SMILES string of the molecule is CS(=O)(=O)Oc1ccc(Nc2ncc(C(N)=O)c(NCC(F)(F)F)n2)cc1N. The van der Waals surface area contributed by atoms with Gasteiger partial charge in [-0.25, -0.2) is 4.98 Å². The Bertz CT molecular complexity index is 997. The molecule has 10 nitrogen and oxygen atoms in total. The third kappa shape index (κ3) is 6.15. The highest BCUT2D eigenvalue weighted by Crippen LogP contribution is 2.28. The number of benzene rings is 1. The van der Waals surface area contributed by atoms with Gasteiger partial charge < -0.3 is 26.3 Å². The van der Waals surface area contributed by atoms with Crippen molar-refractivity contribution in [3.8, 4) is 5.75 Å². The molecule has 0 aliphatic rings. The van der Waals surface area contributed by atoms with Crippen molar-refractivity contribution in [3.05, 3.63) is 30.0 Å². The van der Waals surface area contributed by atoms with Crippen LogP contribution < -0.4 is 26.3 Å². The van der Waals surface area contributed by atoms with Gasteiger partial charge in [-0.15, -0.1) is 0 Å². The molecule has 1 heterocycles. The lowest BCUT2D eigenvalue weighted by Gasteiger charge is -2.13. The number of aromatic nitrogens is 2. The van der Waals surface area contributed by atoms with Gasteiger partial charge in [0.2, 0.25) is 5.95 Å². The van der Waals surface area contributed by atoms with E-state index in [1.165, 1.54) is 18.2 Å². The Balaban J connectivity index is 2.26. The molecule has 0 aliphatic heterocycles. The van der Waals surface area contributed by atoms with Crippen molar-refractivity contribution in [1.82, 2.24) is 9.97 Å². The molecule has 0 saturated carbocycles. The Morgan fingerprint density at radius 3 is 2.54 bits per heavy atom. The second-order valence-corrected chi connectivity index (χ2v) is 7.03. The summed E-state index contributed by atoms with van der Waals surface area (Å²) >= 11 is 0. The Labute approximate surface area is 157 Å². The lowest BCUT2D eigenvalue weighted by molar-refractivity contribution is -0.115. The maximum absolute atomic E-state index is 12.4. The number of nitrogens with zero attached hydrogens (tertiary/aromatic N) is 2. The van der Waals surface area contributed by atoms with Crippen LogP contribution in [0.3, 0.4) is 0 Å². The van der Waals surface area contributed by atoms with Gasteiger partial charge in [0.05, 0.1) is 17.5 Å². The van der Waals surface area contributed by atoms with E-state index in [0.717, 1.165) is 12.5 Å². The summed E-state index contributed by atoms with van der Waals surface area (Å²) in [5.41, 5.74) is 10.7. The first-order chi connectivity index (χ1) is 12.8. The van der Waals surface area contributed by atoms with E-state index in [1.54, 1.807) is 0 Å². The van der Waals surface area contributed by atoms with Crippen molar-refractivity contribution in [3.63, 3.8) is 0 Å². The van der Waals surface area contributed by atoms with Gasteiger partial charge in [-0.05, 0) is 18.2 Å². The quantitative estimate of drug-likeness (QED) is 0.381. The maximum atomic E-state index is 12.4. The van der Waals surface area contributed by atoms with Gasteiger partial charge in [0.25, 0.3) is 5.91 Å². The number of primary amides is 1. The lowest BCUT2D eigenvalue weighted by atomic mass is 10.2. The Morgan fingerprint density at radius 2 is 2.00 bits per heavy atom. The Morgan fingerprint density at radius 1 is 1.32 bits per heavy atom.